The van der Waals surface area contributed by atoms with Crippen molar-refractivity contribution in [1.82, 2.24) is 9.21 Å². The Bertz CT molecular complexity index is 793. The quantitative estimate of drug-likeness (QED) is 0.744. The van der Waals surface area contributed by atoms with E-state index in [0.29, 0.717) is 51.3 Å². The summed E-state index contributed by atoms with van der Waals surface area (Å²) in [7, 11) is -3.60. The van der Waals surface area contributed by atoms with Crippen molar-refractivity contribution in [3.8, 4) is 0 Å². The van der Waals surface area contributed by atoms with Crippen LogP contribution in [0.4, 0.5) is 10.5 Å². The van der Waals surface area contributed by atoms with Gasteiger partial charge in [0, 0.05) is 31.9 Å². The summed E-state index contributed by atoms with van der Waals surface area (Å²) in [5.74, 6) is -0.590. The number of ether oxygens (including phenoxy) is 1. The summed E-state index contributed by atoms with van der Waals surface area (Å²) in [6.07, 6.45) is 0.972. The molecule has 1 heterocycles. The predicted molar refractivity (Wildman–Crippen MR) is 106 cm³/mol. The SMILES string of the molecule is CCOC(=O)N1CCCC(C(=O)Nc2cccc(S(=O)(=O)N(CC)CC)c2)C1. The zero-order valence-electron chi connectivity index (χ0n) is 16.7. The first-order valence-corrected chi connectivity index (χ1v) is 11.1. The van der Waals surface area contributed by atoms with E-state index >= 15 is 0 Å². The number of nitrogens with zero attached hydrogens (tertiary/aromatic N) is 2. The van der Waals surface area contributed by atoms with E-state index in [1.807, 2.05) is 0 Å². The van der Waals surface area contributed by atoms with Crippen LogP contribution in [-0.2, 0) is 19.6 Å². The fourth-order valence-electron chi connectivity index (χ4n) is 3.26. The van der Waals surface area contributed by atoms with E-state index in [2.05, 4.69) is 5.32 Å². The average Bonchev–Trinajstić information content (AvgIpc) is 2.69. The normalized spacial score (nSPS) is 17.4. The molecule has 156 valence electrons. The van der Waals surface area contributed by atoms with E-state index in [9.17, 15) is 18.0 Å². The van der Waals surface area contributed by atoms with Gasteiger partial charge in [0.05, 0.1) is 17.4 Å². The molecule has 0 saturated carbocycles. The number of sulfonamides is 1. The van der Waals surface area contributed by atoms with Crippen LogP contribution in [0.25, 0.3) is 0 Å². The minimum Gasteiger partial charge on any atom is -0.450 e. The van der Waals surface area contributed by atoms with Crippen molar-refractivity contribution < 1.29 is 22.7 Å². The topological polar surface area (TPSA) is 96.0 Å². The Balaban J connectivity index is 2.09. The zero-order chi connectivity index (χ0) is 20.7. The summed E-state index contributed by atoms with van der Waals surface area (Å²) in [4.78, 5) is 26.2. The molecule has 28 heavy (non-hydrogen) atoms. The average molecular weight is 412 g/mol. The van der Waals surface area contributed by atoms with Crippen LogP contribution in [-0.4, -0.2) is 62.4 Å². The van der Waals surface area contributed by atoms with Gasteiger partial charge >= 0.3 is 6.09 Å². The highest BCUT2D eigenvalue weighted by atomic mass is 32.2. The van der Waals surface area contributed by atoms with Crippen molar-refractivity contribution in [2.45, 2.75) is 38.5 Å². The number of piperidine rings is 1. The summed E-state index contributed by atoms with van der Waals surface area (Å²) in [5, 5.41) is 2.79. The molecule has 1 saturated heterocycles. The molecule has 1 aromatic carbocycles. The van der Waals surface area contributed by atoms with Gasteiger partial charge < -0.3 is 15.0 Å². The van der Waals surface area contributed by atoms with Gasteiger partial charge in [-0.3, -0.25) is 4.79 Å². The molecule has 8 nitrogen and oxygen atoms in total. The highest BCUT2D eigenvalue weighted by Gasteiger charge is 2.29. The van der Waals surface area contributed by atoms with E-state index in [0.717, 1.165) is 0 Å². The summed E-state index contributed by atoms with van der Waals surface area (Å²) < 4.78 is 31.7. The molecule has 0 aromatic heterocycles. The number of benzene rings is 1. The lowest BCUT2D eigenvalue weighted by Crippen LogP contribution is -2.44. The number of anilines is 1. The molecule has 9 heteroatoms. The number of hydrogen-bond donors (Lipinski definition) is 1. The van der Waals surface area contributed by atoms with Gasteiger partial charge in [-0.2, -0.15) is 4.31 Å². The first-order chi connectivity index (χ1) is 13.3. The van der Waals surface area contributed by atoms with Gasteiger partial charge in [0.2, 0.25) is 15.9 Å². The molecular formula is C19H29N3O5S. The standard InChI is InChI=1S/C19H29N3O5S/c1-4-22(5-2)28(25,26)17-11-7-10-16(13-17)20-18(23)15-9-8-12-21(14-15)19(24)27-6-3/h7,10-11,13,15H,4-6,8-9,12,14H2,1-3H3,(H,20,23). The largest absolute Gasteiger partial charge is 0.450 e. The summed E-state index contributed by atoms with van der Waals surface area (Å²) >= 11 is 0. The van der Waals surface area contributed by atoms with Crippen LogP contribution in [0.5, 0.6) is 0 Å². The third kappa shape index (κ3) is 5.23. The molecule has 1 fully saturated rings. The van der Waals surface area contributed by atoms with Gasteiger partial charge in [-0.25, -0.2) is 13.2 Å². The van der Waals surface area contributed by atoms with E-state index in [1.54, 1.807) is 37.8 Å². The van der Waals surface area contributed by atoms with E-state index in [4.69, 9.17) is 4.74 Å². The molecule has 1 aliphatic rings. The molecule has 0 radical (unpaired) electrons. The highest BCUT2D eigenvalue weighted by Crippen LogP contribution is 2.22. The molecule has 0 bridgehead atoms. The Kier molecular flexibility index (Phi) is 7.82. The fourth-order valence-corrected chi connectivity index (χ4v) is 4.77. The lowest BCUT2D eigenvalue weighted by molar-refractivity contribution is -0.121. The molecular weight excluding hydrogens is 382 g/mol. The van der Waals surface area contributed by atoms with E-state index in [-0.39, 0.29) is 16.7 Å². The first-order valence-electron chi connectivity index (χ1n) is 9.66. The Hall–Kier alpha value is -2.13. The minimum absolute atomic E-state index is 0.144. The number of carbonyl (C=O) groups is 2. The lowest BCUT2D eigenvalue weighted by atomic mass is 9.97. The molecule has 1 aromatic rings. The molecule has 1 unspecified atom stereocenters. The van der Waals surface area contributed by atoms with Gasteiger partial charge in [0.25, 0.3) is 0 Å². The molecule has 2 amide bonds. The second-order valence-electron chi connectivity index (χ2n) is 6.59. The van der Waals surface area contributed by atoms with Crippen molar-refractivity contribution >= 4 is 27.7 Å². The molecule has 0 aliphatic carbocycles. The number of hydrogen-bond acceptors (Lipinski definition) is 5. The number of nitrogens with one attached hydrogen (secondary N) is 1. The second kappa shape index (κ2) is 9.88. The van der Waals surface area contributed by atoms with Crippen LogP contribution < -0.4 is 5.32 Å². The van der Waals surface area contributed by atoms with E-state index in [1.165, 1.54) is 16.4 Å². The number of carbonyl (C=O) groups excluding carboxylic acids is 2. The van der Waals surface area contributed by atoms with Gasteiger partial charge in [-0.15, -0.1) is 0 Å². The molecule has 2 rings (SSSR count). The van der Waals surface area contributed by atoms with Crippen LogP contribution in [0, 0.1) is 5.92 Å². The van der Waals surface area contributed by atoms with Gasteiger partial charge in [0.15, 0.2) is 0 Å². The highest BCUT2D eigenvalue weighted by molar-refractivity contribution is 7.89. The second-order valence-corrected chi connectivity index (χ2v) is 8.53. The maximum absolute atomic E-state index is 12.7. The molecule has 0 spiro atoms. The van der Waals surface area contributed by atoms with Crippen LogP contribution in [0.1, 0.15) is 33.6 Å². The zero-order valence-corrected chi connectivity index (χ0v) is 17.5. The minimum atomic E-state index is -3.60. The maximum Gasteiger partial charge on any atom is 0.409 e. The Labute approximate surface area is 166 Å². The van der Waals surface area contributed by atoms with Crippen molar-refractivity contribution in [2.24, 2.45) is 5.92 Å². The molecule has 1 atom stereocenters. The number of amides is 2. The van der Waals surface area contributed by atoms with Crippen LogP contribution in [0.2, 0.25) is 0 Å². The number of rotatable bonds is 7. The van der Waals surface area contributed by atoms with Crippen LogP contribution in [0.15, 0.2) is 29.2 Å². The van der Waals surface area contributed by atoms with Crippen LogP contribution >= 0.6 is 0 Å². The maximum atomic E-state index is 12.7. The van der Waals surface area contributed by atoms with E-state index < -0.39 is 16.1 Å². The predicted octanol–water partition coefficient (Wildman–Crippen LogP) is 2.52. The Morgan fingerprint density at radius 2 is 1.96 bits per heavy atom. The monoisotopic (exact) mass is 411 g/mol. The first kappa shape index (κ1) is 22.2. The fraction of sp³-hybridized carbons (Fsp3) is 0.579. The van der Waals surface area contributed by atoms with Gasteiger partial charge in [-0.1, -0.05) is 19.9 Å². The third-order valence-electron chi connectivity index (χ3n) is 4.76. The van der Waals surface area contributed by atoms with Crippen LogP contribution in [0.3, 0.4) is 0 Å². The van der Waals surface area contributed by atoms with Crippen molar-refractivity contribution in [1.29, 1.82) is 0 Å². The third-order valence-corrected chi connectivity index (χ3v) is 6.81. The lowest BCUT2D eigenvalue weighted by Gasteiger charge is -2.31. The smallest absolute Gasteiger partial charge is 0.409 e. The van der Waals surface area contributed by atoms with Gasteiger partial charge in [-0.05, 0) is 38.0 Å². The summed E-state index contributed by atoms with van der Waals surface area (Å²) in [5.41, 5.74) is 0.423. The summed E-state index contributed by atoms with van der Waals surface area (Å²) in [6, 6.07) is 6.26. The summed E-state index contributed by atoms with van der Waals surface area (Å²) in [6.45, 7) is 7.21. The van der Waals surface area contributed by atoms with Gasteiger partial charge in [0.1, 0.15) is 0 Å². The van der Waals surface area contributed by atoms with Crippen molar-refractivity contribution in [3.63, 3.8) is 0 Å². The molecule has 1 N–H and O–H groups in total. The van der Waals surface area contributed by atoms with Crippen molar-refractivity contribution in [3.05, 3.63) is 24.3 Å². The van der Waals surface area contributed by atoms with Crippen molar-refractivity contribution in [2.75, 3.05) is 38.1 Å². The Morgan fingerprint density at radius 3 is 2.61 bits per heavy atom. The number of likely N-dealkylation sites (tertiary alicyclic amines) is 1. The molecule has 1 aliphatic heterocycles. The Morgan fingerprint density at radius 1 is 1.25 bits per heavy atom.